The molecule has 0 amide bonds. The van der Waals surface area contributed by atoms with Gasteiger partial charge in [0.15, 0.2) is 5.78 Å². The first-order valence-corrected chi connectivity index (χ1v) is 8.61. The molecule has 2 aromatic rings. The van der Waals surface area contributed by atoms with Crippen molar-refractivity contribution in [3.63, 3.8) is 0 Å². The lowest BCUT2D eigenvalue weighted by molar-refractivity contribution is -0.114. The van der Waals surface area contributed by atoms with Crippen molar-refractivity contribution in [1.29, 1.82) is 5.26 Å². The molecule has 1 aliphatic carbocycles. The summed E-state index contributed by atoms with van der Waals surface area (Å²) in [5.41, 5.74) is 4.34. The number of fused-ring (bicyclic) bond motifs is 1. The first kappa shape index (κ1) is 15.6. The van der Waals surface area contributed by atoms with E-state index in [0.717, 1.165) is 36.2 Å². The third-order valence-corrected chi connectivity index (χ3v) is 5.06. The number of ketones is 1. The summed E-state index contributed by atoms with van der Waals surface area (Å²) in [5.74, 6) is -0.0880. The molecule has 2 aliphatic rings. The molecule has 126 valence electrons. The highest BCUT2D eigenvalue weighted by molar-refractivity contribution is 6.10. The van der Waals surface area contributed by atoms with Crippen molar-refractivity contribution < 1.29 is 4.79 Å². The monoisotopic (exact) mass is 333 g/mol. The Morgan fingerprint density at radius 3 is 2.84 bits per heavy atom. The molecule has 0 unspecified atom stereocenters. The molecule has 1 aromatic heterocycles. The molecule has 0 N–H and O–H groups in total. The molecule has 0 saturated carbocycles. The number of likely N-dealkylation sites (tertiary alicyclic amines) is 1. The standard InChI is InChI=1S/C19H19N5O/c1-2-13-3-4-14-10-18(25)17(11-20)19(16(14)9-13)23-8-5-15(12-23)24-21-6-7-22-24/h3-4,6-7,9,15H,2,5,8,10,12H2,1H3/t15-/m1/s1. The number of aryl methyl sites for hydroxylation is 1. The molecule has 6 nitrogen and oxygen atoms in total. The van der Waals surface area contributed by atoms with Crippen molar-refractivity contribution in [1.82, 2.24) is 19.9 Å². The van der Waals surface area contributed by atoms with Crippen molar-refractivity contribution in [2.45, 2.75) is 32.2 Å². The maximum Gasteiger partial charge on any atom is 0.179 e. The first-order chi connectivity index (χ1) is 12.2. The minimum absolute atomic E-state index is 0.0880. The van der Waals surface area contributed by atoms with E-state index in [1.165, 1.54) is 5.56 Å². The predicted octanol–water partition coefficient (Wildman–Crippen LogP) is 2.15. The molecule has 0 bridgehead atoms. The highest BCUT2D eigenvalue weighted by Gasteiger charge is 2.34. The number of rotatable bonds is 3. The number of nitriles is 1. The molecule has 1 fully saturated rings. The Balaban J connectivity index is 1.76. The number of carbonyl (C=O) groups excluding carboxylic acids is 1. The van der Waals surface area contributed by atoms with Crippen molar-refractivity contribution in [2.75, 3.05) is 13.1 Å². The van der Waals surface area contributed by atoms with E-state index in [2.05, 4.69) is 40.2 Å². The number of hydrogen-bond donors (Lipinski definition) is 0. The van der Waals surface area contributed by atoms with Crippen LogP contribution in [0.5, 0.6) is 0 Å². The van der Waals surface area contributed by atoms with E-state index in [9.17, 15) is 10.1 Å². The predicted molar refractivity (Wildman–Crippen MR) is 92.3 cm³/mol. The zero-order chi connectivity index (χ0) is 17.4. The third kappa shape index (κ3) is 2.62. The number of hydrogen-bond acceptors (Lipinski definition) is 5. The lowest BCUT2D eigenvalue weighted by Gasteiger charge is -2.28. The second kappa shape index (κ2) is 6.17. The largest absolute Gasteiger partial charge is 0.368 e. The lowest BCUT2D eigenvalue weighted by Crippen LogP contribution is -2.27. The average Bonchev–Trinajstić information content (AvgIpc) is 3.31. The summed E-state index contributed by atoms with van der Waals surface area (Å²) in [6, 6.07) is 8.56. The fourth-order valence-corrected chi connectivity index (χ4v) is 3.74. The minimum Gasteiger partial charge on any atom is -0.368 e. The maximum absolute atomic E-state index is 12.5. The molecule has 2 heterocycles. The fraction of sp³-hybridized carbons (Fsp3) is 0.368. The zero-order valence-corrected chi connectivity index (χ0v) is 14.1. The van der Waals surface area contributed by atoms with Gasteiger partial charge in [0.1, 0.15) is 11.6 Å². The Kier molecular flexibility index (Phi) is 3.85. The van der Waals surface area contributed by atoms with Crippen LogP contribution in [0.15, 0.2) is 36.2 Å². The van der Waals surface area contributed by atoms with Gasteiger partial charge in [-0.2, -0.15) is 20.3 Å². The van der Waals surface area contributed by atoms with Crippen LogP contribution < -0.4 is 0 Å². The van der Waals surface area contributed by atoms with Crippen molar-refractivity contribution in [2.24, 2.45) is 0 Å². The molecule has 1 aromatic carbocycles. The van der Waals surface area contributed by atoms with Crippen LogP contribution in [-0.4, -0.2) is 38.8 Å². The molecule has 1 atom stereocenters. The Hall–Kier alpha value is -2.94. The molecule has 0 radical (unpaired) electrons. The zero-order valence-electron chi connectivity index (χ0n) is 14.1. The maximum atomic E-state index is 12.5. The Bertz CT molecular complexity index is 891. The smallest absolute Gasteiger partial charge is 0.179 e. The molecular formula is C19H19N5O. The molecule has 6 heteroatoms. The molecule has 0 spiro atoms. The first-order valence-electron chi connectivity index (χ1n) is 8.61. The Morgan fingerprint density at radius 1 is 1.32 bits per heavy atom. The van der Waals surface area contributed by atoms with E-state index in [0.29, 0.717) is 13.0 Å². The molecule has 4 rings (SSSR count). The van der Waals surface area contributed by atoms with E-state index in [1.807, 2.05) is 6.07 Å². The van der Waals surface area contributed by atoms with Crippen LogP contribution in [0.25, 0.3) is 5.70 Å². The van der Waals surface area contributed by atoms with Crippen LogP contribution in [0.1, 0.15) is 36.1 Å². The summed E-state index contributed by atoms with van der Waals surface area (Å²) in [7, 11) is 0. The topological polar surface area (TPSA) is 74.8 Å². The summed E-state index contributed by atoms with van der Waals surface area (Å²) in [4.78, 5) is 16.4. The van der Waals surface area contributed by atoms with Crippen LogP contribution in [0.2, 0.25) is 0 Å². The Labute approximate surface area is 146 Å². The minimum atomic E-state index is -0.0880. The number of allylic oxidation sites excluding steroid dienone is 1. The van der Waals surface area contributed by atoms with Gasteiger partial charge in [-0.05, 0) is 30.0 Å². The highest BCUT2D eigenvalue weighted by atomic mass is 16.1. The number of carbonyl (C=O) groups is 1. The number of Topliss-reactive ketones (excluding diaryl/α,β-unsaturated/α-hetero) is 1. The molecule has 1 saturated heterocycles. The van der Waals surface area contributed by atoms with Crippen molar-refractivity contribution >= 4 is 11.5 Å². The van der Waals surface area contributed by atoms with Gasteiger partial charge in [0, 0.05) is 25.1 Å². The number of aromatic nitrogens is 3. The average molecular weight is 333 g/mol. The van der Waals surface area contributed by atoms with Gasteiger partial charge in [0.2, 0.25) is 0 Å². The van der Waals surface area contributed by atoms with Crippen LogP contribution in [0.3, 0.4) is 0 Å². The van der Waals surface area contributed by atoms with Crippen LogP contribution in [0, 0.1) is 11.3 Å². The van der Waals surface area contributed by atoms with Gasteiger partial charge in [0.05, 0.1) is 24.1 Å². The second-order valence-electron chi connectivity index (χ2n) is 6.52. The molecule has 25 heavy (non-hydrogen) atoms. The number of nitrogens with zero attached hydrogens (tertiary/aromatic N) is 5. The third-order valence-electron chi connectivity index (χ3n) is 5.06. The molecular weight excluding hydrogens is 314 g/mol. The molecule has 1 aliphatic heterocycles. The van der Waals surface area contributed by atoms with E-state index < -0.39 is 0 Å². The van der Waals surface area contributed by atoms with Crippen molar-refractivity contribution in [3.8, 4) is 6.07 Å². The normalized spacial score (nSPS) is 19.9. The van der Waals surface area contributed by atoms with E-state index in [4.69, 9.17) is 0 Å². The Morgan fingerprint density at radius 2 is 2.12 bits per heavy atom. The van der Waals surface area contributed by atoms with Crippen LogP contribution >= 0.6 is 0 Å². The van der Waals surface area contributed by atoms with E-state index >= 15 is 0 Å². The summed E-state index contributed by atoms with van der Waals surface area (Å²) >= 11 is 0. The van der Waals surface area contributed by atoms with Gasteiger partial charge in [0.25, 0.3) is 0 Å². The van der Waals surface area contributed by atoms with Gasteiger partial charge in [-0.15, -0.1) is 0 Å². The quantitative estimate of drug-likeness (QED) is 0.860. The van der Waals surface area contributed by atoms with Gasteiger partial charge >= 0.3 is 0 Å². The summed E-state index contributed by atoms with van der Waals surface area (Å²) in [6.07, 6.45) is 5.49. The summed E-state index contributed by atoms with van der Waals surface area (Å²) < 4.78 is 0. The van der Waals surface area contributed by atoms with Gasteiger partial charge in [-0.1, -0.05) is 19.1 Å². The van der Waals surface area contributed by atoms with Crippen molar-refractivity contribution in [3.05, 3.63) is 52.9 Å². The SMILES string of the molecule is CCc1ccc2c(c1)C(N1CC[C@@H](n3nccn3)C1)=C(C#N)C(=O)C2. The highest BCUT2D eigenvalue weighted by Crippen LogP contribution is 2.36. The van der Waals surface area contributed by atoms with Gasteiger partial charge < -0.3 is 4.90 Å². The van der Waals surface area contributed by atoms with Crippen LogP contribution in [0.4, 0.5) is 0 Å². The summed E-state index contributed by atoms with van der Waals surface area (Å²) in [6.45, 7) is 3.60. The lowest BCUT2D eigenvalue weighted by atomic mass is 9.87. The summed E-state index contributed by atoms with van der Waals surface area (Å²) in [5, 5.41) is 18.1. The van der Waals surface area contributed by atoms with E-state index in [-0.39, 0.29) is 17.4 Å². The van der Waals surface area contributed by atoms with Crippen LogP contribution in [-0.2, 0) is 17.6 Å². The van der Waals surface area contributed by atoms with Gasteiger partial charge in [-0.3, -0.25) is 4.79 Å². The van der Waals surface area contributed by atoms with E-state index in [1.54, 1.807) is 17.2 Å². The second-order valence-corrected chi connectivity index (χ2v) is 6.52. The van der Waals surface area contributed by atoms with Gasteiger partial charge in [-0.25, -0.2) is 0 Å². The fourth-order valence-electron chi connectivity index (χ4n) is 3.74. The number of benzene rings is 1.